The van der Waals surface area contributed by atoms with Gasteiger partial charge < -0.3 is 24.4 Å². The van der Waals surface area contributed by atoms with Gasteiger partial charge in [0.15, 0.2) is 0 Å². The van der Waals surface area contributed by atoms with Crippen LogP contribution in [0.25, 0.3) is 11.0 Å². The minimum absolute atomic E-state index is 0.00135. The van der Waals surface area contributed by atoms with Crippen LogP contribution in [-0.4, -0.2) is 90.7 Å². The van der Waals surface area contributed by atoms with Gasteiger partial charge in [-0.05, 0) is 43.4 Å². The lowest BCUT2D eigenvalue weighted by molar-refractivity contribution is -0.163. The van der Waals surface area contributed by atoms with Gasteiger partial charge in [-0.15, -0.1) is 11.7 Å². The first-order chi connectivity index (χ1) is 21.8. The number of carbonyl (C=O) groups excluding carboxylic acids is 3. The van der Waals surface area contributed by atoms with Crippen LogP contribution in [0.15, 0.2) is 79.9 Å². The summed E-state index contributed by atoms with van der Waals surface area (Å²) < 4.78 is 14.0. The van der Waals surface area contributed by atoms with Gasteiger partial charge in [0.2, 0.25) is 11.8 Å². The van der Waals surface area contributed by atoms with Gasteiger partial charge in [0, 0.05) is 6.54 Å². The number of amides is 2. The van der Waals surface area contributed by atoms with Crippen molar-refractivity contribution >= 4 is 28.8 Å². The molecule has 4 heterocycles. The van der Waals surface area contributed by atoms with Crippen molar-refractivity contribution in [1.29, 1.82) is 0 Å². The molecule has 11 nitrogen and oxygen atoms in total. The molecule has 6 rings (SSSR count). The van der Waals surface area contributed by atoms with Crippen molar-refractivity contribution in [2.45, 2.75) is 62.6 Å². The summed E-state index contributed by atoms with van der Waals surface area (Å²) in [5, 5.41) is 19.3. The van der Waals surface area contributed by atoms with Gasteiger partial charge in [-0.1, -0.05) is 73.3 Å². The first-order valence-corrected chi connectivity index (χ1v) is 15.5. The number of esters is 1. The molecular formula is C34H39N5O6. The summed E-state index contributed by atoms with van der Waals surface area (Å²) in [5.74, 6) is -3.13. The fourth-order valence-corrected chi connectivity index (χ4v) is 7.78. The second kappa shape index (κ2) is 12.2. The van der Waals surface area contributed by atoms with Gasteiger partial charge in [0.1, 0.15) is 36.4 Å². The second-order valence-electron chi connectivity index (χ2n) is 12.1. The Morgan fingerprint density at radius 3 is 2.62 bits per heavy atom. The highest BCUT2D eigenvalue weighted by atomic mass is 16.6. The van der Waals surface area contributed by atoms with Crippen LogP contribution in [0.5, 0.6) is 0 Å². The first kappa shape index (κ1) is 30.7. The summed E-state index contributed by atoms with van der Waals surface area (Å²) in [7, 11) is 0. The largest absolute Gasteiger partial charge is 0.461 e. The third kappa shape index (κ3) is 4.94. The number of hydrogen-bond donors (Lipinski definition) is 1. The number of ether oxygens (including phenoxy) is 2. The molecule has 45 heavy (non-hydrogen) atoms. The van der Waals surface area contributed by atoms with Crippen molar-refractivity contribution in [3.63, 3.8) is 0 Å². The fraction of sp³-hybridized carbons (Fsp3) is 0.441. The molecule has 1 N–H and O–H groups in total. The Balaban J connectivity index is 1.44. The van der Waals surface area contributed by atoms with E-state index in [1.807, 2.05) is 61.5 Å². The molecule has 3 saturated heterocycles. The second-order valence-corrected chi connectivity index (χ2v) is 12.1. The standard InChI is InChI=1S/C34H39N5O6/c1-4-18-37(22-38-26-15-11-10-14-25(26)35-36-38)31(42)29-34-17-16-33(6-3,45-34)28(32(43)44-19-5-2)27(34)30(41)39(29)24(21-40)20-23-12-8-7-9-13-23/h4-5,7-15,24,27-29,40H,1-2,6,16-22H2,3H3/t24-,27+,28-,29?,33+,34?/m1/s1. The van der Waals surface area contributed by atoms with Crippen LogP contribution in [0, 0.1) is 11.8 Å². The summed E-state index contributed by atoms with van der Waals surface area (Å²) in [6.45, 7) is 9.30. The monoisotopic (exact) mass is 613 g/mol. The Morgan fingerprint density at radius 1 is 1.16 bits per heavy atom. The number of para-hydroxylation sites is 1. The molecule has 1 aromatic heterocycles. The quantitative estimate of drug-likeness (QED) is 0.230. The van der Waals surface area contributed by atoms with E-state index in [2.05, 4.69) is 23.5 Å². The third-order valence-electron chi connectivity index (χ3n) is 9.75. The van der Waals surface area contributed by atoms with Crippen LogP contribution >= 0.6 is 0 Å². The number of nitrogens with zero attached hydrogens (tertiary/aromatic N) is 5. The Morgan fingerprint density at radius 2 is 1.91 bits per heavy atom. The van der Waals surface area contributed by atoms with E-state index < -0.39 is 41.1 Å². The molecule has 3 aliphatic rings. The molecule has 6 atom stereocenters. The average molecular weight is 614 g/mol. The summed E-state index contributed by atoms with van der Waals surface area (Å²) in [4.78, 5) is 46.3. The Labute approximate surface area is 262 Å². The molecule has 0 radical (unpaired) electrons. The van der Waals surface area contributed by atoms with E-state index in [4.69, 9.17) is 9.47 Å². The number of aromatic nitrogens is 3. The van der Waals surface area contributed by atoms with Crippen LogP contribution in [0.3, 0.4) is 0 Å². The number of benzene rings is 2. The normalized spacial score (nSPS) is 27.4. The molecular weight excluding hydrogens is 574 g/mol. The topological polar surface area (TPSA) is 127 Å². The maximum absolute atomic E-state index is 14.9. The molecule has 236 valence electrons. The summed E-state index contributed by atoms with van der Waals surface area (Å²) >= 11 is 0. The Hall–Kier alpha value is -4.35. The van der Waals surface area contributed by atoms with Crippen LogP contribution in [0.1, 0.15) is 31.7 Å². The number of aliphatic hydroxyl groups is 1. The smallest absolute Gasteiger partial charge is 0.313 e. The Bertz CT molecular complexity index is 1610. The lowest BCUT2D eigenvalue weighted by Crippen LogP contribution is -2.59. The van der Waals surface area contributed by atoms with Gasteiger partial charge >= 0.3 is 5.97 Å². The van der Waals surface area contributed by atoms with Crippen molar-refractivity contribution in [3.8, 4) is 0 Å². The number of likely N-dealkylation sites (tertiary alicyclic amines) is 1. The average Bonchev–Trinajstić information content (AvgIpc) is 3.79. The van der Waals surface area contributed by atoms with Gasteiger partial charge in [-0.3, -0.25) is 14.4 Å². The van der Waals surface area contributed by atoms with E-state index in [1.54, 1.807) is 15.7 Å². The van der Waals surface area contributed by atoms with E-state index in [-0.39, 0.29) is 38.2 Å². The number of fused-ring (bicyclic) bond motifs is 2. The van der Waals surface area contributed by atoms with E-state index >= 15 is 0 Å². The SMILES string of the molecule is C=CCOC(=O)[C@H]1[C@H]2C(=O)N([C@@H](CO)Cc3ccccc3)C(C(=O)N(CC=C)Cn3nnc4ccccc43)C23CC[C@]1(CC)O3. The van der Waals surface area contributed by atoms with E-state index in [9.17, 15) is 19.5 Å². The van der Waals surface area contributed by atoms with Gasteiger partial charge in [-0.25, -0.2) is 4.68 Å². The van der Waals surface area contributed by atoms with Gasteiger partial charge in [0.05, 0.1) is 29.7 Å². The molecule has 3 fully saturated rings. The number of carbonyl (C=O) groups is 3. The lowest BCUT2D eigenvalue weighted by Gasteiger charge is -2.39. The van der Waals surface area contributed by atoms with E-state index in [0.717, 1.165) is 11.1 Å². The van der Waals surface area contributed by atoms with Crippen LogP contribution in [0.4, 0.5) is 0 Å². The first-order valence-electron chi connectivity index (χ1n) is 15.5. The molecule has 2 amide bonds. The number of hydrogen-bond acceptors (Lipinski definition) is 8. The van der Waals surface area contributed by atoms with Crippen molar-refractivity contribution in [2.75, 3.05) is 19.8 Å². The fourth-order valence-electron chi connectivity index (χ4n) is 7.78. The molecule has 0 saturated carbocycles. The summed E-state index contributed by atoms with van der Waals surface area (Å²) in [6.07, 6.45) is 4.80. The van der Waals surface area contributed by atoms with Crippen molar-refractivity contribution < 1.29 is 29.0 Å². The van der Waals surface area contributed by atoms with Crippen LogP contribution < -0.4 is 0 Å². The maximum Gasteiger partial charge on any atom is 0.313 e. The van der Waals surface area contributed by atoms with E-state index in [1.165, 1.54) is 11.0 Å². The zero-order valence-electron chi connectivity index (χ0n) is 25.5. The Kier molecular flexibility index (Phi) is 8.32. The predicted octanol–water partition coefficient (Wildman–Crippen LogP) is 2.89. The highest BCUT2D eigenvalue weighted by Gasteiger charge is 2.79. The third-order valence-corrected chi connectivity index (χ3v) is 9.75. The molecule has 2 aromatic carbocycles. The molecule has 3 aliphatic heterocycles. The minimum atomic E-state index is -1.28. The van der Waals surface area contributed by atoms with Gasteiger partial charge in [0.25, 0.3) is 0 Å². The summed E-state index contributed by atoms with van der Waals surface area (Å²) in [6, 6.07) is 15.1. The zero-order chi connectivity index (χ0) is 31.8. The van der Waals surface area contributed by atoms with Crippen LogP contribution in [-0.2, 0) is 36.9 Å². The summed E-state index contributed by atoms with van der Waals surface area (Å²) in [5.41, 5.74) is 0.115. The maximum atomic E-state index is 14.9. The number of rotatable bonds is 13. The molecule has 1 spiro atoms. The molecule has 3 aromatic rings. The highest BCUT2D eigenvalue weighted by Crippen LogP contribution is 2.65. The van der Waals surface area contributed by atoms with Crippen LogP contribution in [0.2, 0.25) is 0 Å². The molecule has 11 heteroatoms. The van der Waals surface area contributed by atoms with Crippen molar-refractivity contribution in [1.82, 2.24) is 24.8 Å². The van der Waals surface area contributed by atoms with Crippen molar-refractivity contribution in [3.05, 3.63) is 85.5 Å². The minimum Gasteiger partial charge on any atom is -0.461 e. The van der Waals surface area contributed by atoms with Crippen molar-refractivity contribution in [2.24, 2.45) is 11.8 Å². The highest BCUT2D eigenvalue weighted by molar-refractivity contribution is 5.98. The lowest BCUT2D eigenvalue weighted by atomic mass is 9.65. The zero-order valence-corrected chi connectivity index (χ0v) is 25.5. The predicted molar refractivity (Wildman–Crippen MR) is 165 cm³/mol. The van der Waals surface area contributed by atoms with E-state index in [0.29, 0.717) is 31.2 Å². The molecule has 0 aliphatic carbocycles. The molecule has 2 bridgehead atoms. The molecule has 2 unspecified atom stereocenters. The van der Waals surface area contributed by atoms with Gasteiger partial charge in [-0.2, -0.15) is 0 Å². The number of aliphatic hydroxyl groups excluding tert-OH is 1.